The molecule has 88 valence electrons. The molecule has 2 heteroatoms. The van der Waals surface area contributed by atoms with Crippen LogP contribution in [0, 0.1) is 0 Å². The summed E-state index contributed by atoms with van der Waals surface area (Å²) in [7, 11) is 0. The maximum atomic E-state index is 6.33. The molecule has 2 N–H and O–H groups in total. The number of nitrogens with zero attached hydrogens (tertiary/aromatic N) is 1. The fourth-order valence-electron chi connectivity index (χ4n) is 3.46. The van der Waals surface area contributed by atoms with Crippen LogP contribution in [-0.4, -0.2) is 29.6 Å². The molecule has 1 aliphatic carbocycles. The number of hydrogen-bond donors (Lipinski definition) is 1. The van der Waals surface area contributed by atoms with E-state index in [1.54, 1.807) is 0 Å². The minimum absolute atomic E-state index is 0.444. The molecule has 1 saturated heterocycles. The van der Waals surface area contributed by atoms with E-state index < -0.39 is 0 Å². The van der Waals surface area contributed by atoms with Crippen molar-refractivity contribution in [2.75, 3.05) is 6.54 Å². The van der Waals surface area contributed by atoms with Gasteiger partial charge in [-0.25, -0.2) is 0 Å². The third-order valence-corrected chi connectivity index (χ3v) is 4.35. The van der Waals surface area contributed by atoms with Gasteiger partial charge in [0.2, 0.25) is 0 Å². The van der Waals surface area contributed by atoms with Gasteiger partial charge in [-0.1, -0.05) is 26.2 Å². The summed E-state index contributed by atoms with van der Waals surface area (Å²) >= 11 is 0. The molecule has 3 unspecified atom stereocenters. The van der Waals surface area contributed by atoms with Crippen LogP contribution in [0.5, 0.6) is 0 Å². The molecule has 1 aliphatic heterocycles. The second-order valence-electron chi connectivity index (χ2n) is 5.31. The molecule has 1 heterocycles. The van der Waals surface area contributed by atoms with Crippen molar-refractivity contribution in [2.24, 2.45) is 5.73 Å². The Hall–Kier alpha value is -0.0800. The lowest BCUT2D eigenvalue weighted by molar-refractivity contribution is 0.145. The van der Waals surface area contributed by atoms with E-state index in [1.807, 2.05) is 0 Å². The second kappa shape index (κ2) is 5.31. The van der Waals surface area contributed by atoms with Gasteiger partial charge in [-0.15, -0.1) is 0 Å². The molecule has 3 atom stereocenters. The highest BCUT2D eigenvalue weighted by atomic mass is 15.2. The summed E-state index contributed by atoms with van der Waals surface area (Å²) in [5.41, 5.74) is 6.33. The van der Waals surface area contributed by atoms with Crippen LogP contribution >= 0.6 is 0 Å². The Kier molecular flexibility index (Phi) is 4.04. The fourth-order valence-corrected chi connectivity index (χ4v) is 3.46. The van der Waals surface area contributed by atoms with E-state index in [4.69, 9.17) is 5.73 Å². The van der Waals surface area contributed by atoms with Crippen molar-refractivity contribution in [3.8, 4) is 0 Å². The van der Waals surface area contributed by atoms with Crippen LogP contribution in [0.3, 0.4) is 0 Å². The molecule has 0 amide bonds. The van der Waals surface area contributed by atoms with Crippen LogP contribution in [0.2, 0.25) is 0 Å². The molecular weight excluding hydrogens is 184 g/mol. The van der Waals surface area contributed by atoms with Crippen LogP contribution in [0.15, 0.2) is 0 Å². The molecule has 0 bridgehead atoms. The molecule has 2 nitrogen and oxygen atoms in total. The summed E-state index contributed by atoms with van der Waals surface area (Å²) in [6.07, 6.45) is 10.8. The average molecular weight is 210 g/mol. The molecule has 0 aromatic heterocycles. The third-order valence-electron chi connectivity index (χ3n) is 4.35. The Morgan fingerprint density at radius 2 is 1.87 bits per heavy atom. The Morgan fingerprint density at radius 3 is 2.67 bits per heavy atom. The Morgan fingerprint density at radius 1 is 1.07 bits per heavy atom. The van der Waals surface area contributed by atoms with E-state index in [2.05, 4.69) is 11.8 Å². The second-order valence-corrected chi connectivity index (χ2v) is 5.31. The summed E-state index contributed by atoms with van der Waals surface area (Å²) in [5, 5.41) is 0. The van der Waals surface area contributed by atoms with Gasteiger partial charge in [0, 0.05) is 18.1 Å². The topological polar surface area (TPSA) is 29.3 Å². The molecule has 2 rings (SSSR count). The molecule has 15 heavy (non-hydrogen) atoms. The molecule has 1 saturated carbocycles. The first kappa shape index (κ1) is 11.4. The maximum Gasteiger partial charge on any atom is 0.0250 e. The lowest BCUT2D eigenvalue weighted by Gasteiger charge is -2.35. The van der Waals surface area contributed by atoms with E-state index in [0.29, 0.717) is 12.1 Å². The van der Waals surface area contributed by atoms with Crippen molar-refractivity contribution >= 4 is 0 Å². The average Bonchev–Trinajstić information content (AvgIpc) is 2.61. The van der Waals surface area contributed by atoms with Crippen molar-refractivity contribution in [1.29, 1.82) is 0 Å². The van der Waals surface area contributed by atoms with Gasteiger partial charge in [-0.2, -0.15) is 0 Å². The lowest BCUT2D eigenvalue weighted by atomic mass is 10.0. The van der Waals surface area contributed by atoms with Gasteiger partial charge < -0.3 is 5.73 Å². The van der Waals surface area contributed by atoms with Gasteiger partial charge in [0.1, 0.15) is 0 Å². The van der Waals surface area contributed by atoms with Crippen LogP contribution < -0.4 is 5.73 Å². The predicted octanol–water partition coefficient (Wildman–Crippen LogP) is 2.52. The first-order valence-electron chi connectivity index (χ1n) is 6.84. The number of nitrogens with two attached hydrogens (primary N) is 1. The third kappa shape index (κ3) is 2.54. The van der Waals surface area contributed by atoms with Crippen LogP contribution in [0.4, 0.5) is 0 Å². The minimum Gasteiger partial charge on any atom is -0.326 e. The summed E-state index contributed by atoms with van der Waals surface area (Å²) in [4.78, 5) is 2.73. The van der Waals surface area contributed by atoms with Crippen molar-refractivity contribution in [3.63, 3.8) is 0 Å². The highest BCUT2D eigenvalue weighted by molar-refractivity contribution is 4.90. The fraction of sp³-hybridized carbons (Fsp3) is 1.00. The van der Waals surface area contributed by atoms with Crippen LogP contribution in [-0.2, 0) is 0 Å². The van der Waals surface area contributed by atoms with Gasteiger partial charge >= 0.3 is 0 Å². The van der Waals surface area contributed by atoms with Crippen LogP contribution in [0.25, 0.3) is 0 Å². The zero-order valence-electron chi connectivity index (χ0n) is 10.1. The Bertz CT molecular complexity index is 193. The quantitative estimate of drug-likeness (QED) is 0.710. The van der Waals surface area contributed by atoms with E-state index in [-0.39, 0.29) is 0 Å². The molecule has 0 radical (unpaired) electrons. The summed E-state index contributed by atoms with van der Waals surface area (Å²) in [6.45, 7) is 3.63. The largest absolute Gasteiger partial charge is 0.326 e. The summed E-state index contributed by atoms with van der Waals surface area (Å²) in [6, 6.07) is 1.97. The molecule has 2 aliphatic rings. The van der Waals surface area contributed by atoms with Gasteiger partial charge in [0.25, 0.3) is 0 Å². The standard InChI is InChI=1S/C13H26N2/c1-2-11-7-6-10-15(11)13-9-5-3-4-8-12(13)14/h11-13H,2-10,14H2,1H3. The van der Waals surface area contributed by atoms with Crippen LogP contribution in [0.1, 0.15) is 58.3 Å². The molecule has 0 spiro atoms. The molecule has 2 fully saturated rings. The van der Waals surface area contributed by atoms with Crippen molar-refractivity contribution in [2.45, 2.75) is 76.4 Å². The van der Waals surface area contributed by atoms with Crippen molar-refractivity contribution in [1.82, 2.24) is 4.90 Å². The van der Waals surface area contributed by atoms with Gasteiger partial charge in [-0.3, -0.25) is 4.90 Å². The van der Waals surface area contributed by atoms with Gasteiger partial charge in [-0.05, 0) is 38.6 Å². The molecule has 0 aromatic rings. The monoisotopic (exact) mass is 210 g/mol. The maximum absolute atomic E-state index is 6.33. The Balaban J connectivity index is 1.99. The van der Waals surface area contributed by atoms with E-state index >= 15 is 0 Å². The first-order valence-corrected chi connectivity index (χ1v) is 6.84. The summed E-state index contributed by atoms with van der Waals surface area (Å²) < 4.78 is 0. The van der Waals surface area contributed by atoms with E-state index in [1.165, 1.54) is 57.9 Å². The van der Waals surface area contributed by atoms with E-state index in [0.717, 1.165) is 6.04 Å². The zero-order valence-corrected chi connectivity index (χ0v) is 10.1. The molecular formula is C13H26N2. The lowest BCUT2D eigenvalue weighted by Crippen LogP contribution is -2.49. The SMILES string of the molecule is CCC1CCCN1C1CCCCCC1N. The zero-order chi connectivity index (χ0) is 10.7. The van der Waals surface area contributed by atoms with E-state index in [9.17, 15) is 0 Å². The normalized spacial score (nSPS) is 39.2. The first-order chi connectivity index (χ1) is 7.33. The predicted molar refractivity (Wildman–Crippen MR) is 64.9 cm³/mol. The highest BCUT2D eigenvalue weighted by Crippen LogP contribution is 2.29. The number of hydrogen-bond acceptors (Lipinski definition) is 2. The molecule has 0 aromatic carbocycles. The summed E-state index contributed by atoms with van der Waals surface area (Å²) in [5.74, 6) is 0. The minimum atomic E-state index is 0.444. The Labute approximate surface area is 94.2 Å². The number of likely N-dealkylation sites (tertiary alicyclic amines) is 1. The smallest absolute Gasteiger partial charge is 0.0250 e. The number of rotatable bonds is 2. The van der Waals surface area contributed by atoms with Crippen molar-refractivity contribution in [3.05, 3.63) is 0 Å². The van der Waals surface area contributed by atoms with Gasteiger partial charge in [0.15, 0.2) is 0 Å². The van der Waals surface area contributed by atoms with Gasteiger partial charge in [0.05, 0.1) is 0 Å². The highest BCUT2D eigenvalue weighted by Gasteiger charge is 2.33. The van der Waals surface area contributed by atoms with Crippen molar-refractivity contribution < 1.29 is 0 Å².